The Kier molecular flexibility index (Phi) is 6.28. The first kappa shape index (κ1) is 14.8. The molecule has 1 atom stereocenters. The van der Waals surface area contributed by atoms with Gasteiger partial charge in [-0.15, -0.1) is 0 Å². The number of hydrazine groups is 1. The van der Waals surface area contributed by atoms with E-state index in [-0.39, 0.29) is 6.04 Å². The number of hydrogen-bond donors (Lipinski definition) is 2. The van der Waals surface area contributed by atoms with E-state index in [2.05, 4.69) is 19.3 Å². The van der Waals surface area contributed by atoms with Gasteiger partial charge in [0.1, 0.15) is 0 Å². The third-order valence-electron chi connectivity index (χ3n) is 3.27. The number of halogens is 2. The molecule has 3 N–H and O–H groups in total. The fraction of sp³-hybridized carbons (Fsp3) is 0.538. The highest BCUT2D eigenvalue weighted by molar-refractivity contribution is 6.36. The van der Waals surface area contributed by atoms with E-state index in [9.17, 15) is 0 Å². The van der Waals surface area contributed by atoms with E-state index >= 15 is 0 Å². The molecular formula is C13H20Cl2N2. The summed E-state index contributed by atoms with van der Waals surface area (Å²) in [7, 11) is 0. The topological polar surface area (TPSA) is 38.0 Å². The van der Waals surface area contributed by atoms with Crippen LogP contribution in [0.5, 0.6) is 0 Å². The molecule has 2 nitrogen and oxygen atoms in total. The van der Waals surface area contributed by atoms with E-state index in [1.165, 1.54) is 0 Å². The molecule has 17 heavy (non-hydrogen) atoms. The second-order valence-electron chi connectivity index (χ2n) is 4.27. The molecule has 0 saturated heterocycles. The molecule has 4 heteroatoms. The summed E-state index contributed by atoms with van der Waals surface area (Å²) in [5.41, 5.74) is 3.74. The van der Waals surface area contributed by atoms with Crippen LogP contribution in [0.4, 0.5) is 0 Å². The van der Waals surface area contributed by atoms with Crippen LogP contribution in [-0.4, -0.2) is 0 Å². The Hall–Kier alpha value is -0.280. The monoisotopic (exact) mass is 274 g/mol. The maximum atomic E-state index is 6.19. The predicted octanol–water partition coefficient (Wildman–Crippen LogP) is 4.32. The smallest absolute Gasteiger partial charge is 0.0492 e. The highest BCUT2D eigenvalue weighted by Crippen LogP contribution is 2.34. The van der Waals surface area contributed by atoms with Crippen LogP contribution < -0.4 is 11.3 Å². The summed E-state index contributed by atoms with van der Waals surface area (Å²) >= 11 is 12.4. The largest absolute Gasteiger partial charge is 0.271 e. The van der Waals surface area contributed by atoms with E-state index in [4.69, 9.17) is 29.0 Å². The van der Waals surface area contributed by atoms with E-state index < -0.39 is 0 Å². The second-order valence-corrected chi connectivity index (χ2v) is 5.09. The summed E-state index contributed by atoms with van der Waals surface area (Å²) in [4.78, 5) is 0. The van der Waals surface area contributed by atoms with Crippen molar-refractivity contribution in [3.63, 3.8) is 0 Å². The van der Waals surface area contributed by atoms with Crippen molar-refractivity contribution < 1.29 is 0 Å². The summed E-state index contributed by atoms with van der Waals surface area (Å²) in [6.45, 7) is 4.38. The SMILES string of the molecule is CCC(CC)CC(NN)c1c(Cl)cccc1Cl. The standard InChI is InChI=1S/C13H20Cl2N2/c1-3-9(4-2)8-12(17-16)13-10(14)6-5-7-11(13)15/h5-7,9,12,17H,3-4,8,16H2,1-2H3. The first-order chi connectivity index (χ1) is 8.13. The van der Waals surface area contributed by atoms with Crippen LogP contribution in [-0.2, 0) is 0 Å². The number of rotatable bonds is 6. The number of nitrogens with one attached hydrogen (secondary N) is 1. The zero-order valence-electron chi connectivity index (χ0n) is 10.3. The molecule has 0 bridgehead atoms. The fourth-order valence-electron chi connectivity index (χ4n) is 2.07. The molecule has 1 aromatic rings. The average Bonchev–Trinajstić information content (AvgIpc) is 2.33. The minimum atomic E-state index is 0.0149. The maximum absolute atomic E-state index is 6.19. The zero-order chi connectivity index (χ0) is 12.8. The number of hydrogen-bond acceptors (Lipinski definition) is 2. The van der Waals surface area contributed by atoms with Gasteiger partial charge in [0.15, 0.2) is 0 Å². The van der Waals surface area contributed by atoms with E-state index in [0.29, 0.717) is 16.0 Å². The van der Waals surface area contributed by atoms with Crippen molar-refractivity contribution in [1.82, 2.24) is 5.43 Å². The molecule has 0 radical (unpaired) electrons. The number of benzene rings is 1. The van der Waals surface area contributed by atoms with Crippen molar-refractivity contribution in [2.75, 3.05) is 0 Å². The molecule has 1 rings (SSSR count). The van der Waals surface area contributed by atoms with Crippen LogP contribution in [0.2, 0.25) is 10.0 Å². The van der Waals surface area contributed by atoms with Crippen LogP contribution >= 0.6 is 23.2 Å². The molecule has 0 amide bonds. The van der Waals surface area contributed by atoms with E-state index in [1.54, 1.807) is 0 Å². The third kappa shape index (κ3) is 3.85. The van der Waals surface area contributed by atoms with Gasteiger partial charge < -0.3 is 0 Å². The van der Waals surface area contributed by atoms with Gasteiger partial charge in [-0.2, -0.15) is 0 Å². The molecule has 1 aromatic carbocycles. The van der Waals surface area contributed by atoms with Crippen molar-refractivity contribution >= 4 is 23.2 Å². The van der Waals surface area contributed by atoms with Gasteiger partial charge in [-0.25, -0.2) is 0 Å². The van der Waals surface area contributed by atoms with E-state index in [0.717, 1.165) is 24.8 Å². The third-order valence-corrected chi connectivity index (χ3v) is 3.93. The Morgan fingerprint density at radius 1 is 1.18 bits per heavy atom. The maximum Gasteiger partial charge on any atom is 0.0492 e. The van der Waals surface area contributed by atoms with Crippen molar-refractivity contribution in [3.05, 3.63) is 33.8 Å². The van der Waals surface area contributed by atoms with Gasteiger partial charge in [-0.3, -0.25) is 11.3 Å². The summed E-state index contributed by atoms with van der Waals surface area (Å²) in [5.74, 6) is 6.26. The van der Waals surface area contributed by atoms with Crippen LogP contribution in [0, 0.1) is 5.92 Å². The normalized spacial score (nSPS) is 13.1. The van der Waals surface area contributed by atoms with Gasteiger partial charge in [-0.1, -0.05) is 56.0 Å². The minimum absolute atomic E-state index is 0.0149. The lowest BCUT2D eigenvalue weighted by atomic mass is 9.91. The Balaban J connectivity index is 2.93. The Morgan fingerprint density at radius 2 is 1.71 bits per heavy atom. The Labute approximate surface area is 113 Å². The second kappa shape index (κ2) is 7.22. The summed E-state index contributed by atoms with van der Waals surface area (Å²) < 4.78 is 0. The van der Waals surface area contributed by atoms with Crippen molar-refractivity contribution in [2.45, 2.75) is 39.2 Å². The molecule has 96 valence electrons. The summed E-state index contributed by atoms with van der Waals surface area (Å²) in [6, 6.07) is 5.56. The molecule has 0 fully saturated rings. The lowest BCUT2D eigenvalue weighted by Gasteiger charge is -2.23. The average molecular weight is 275 g/mol. The highest BCUT2D eigenvalue weighted by Gasteiger charge is 2.19. The molecule has 0 spiro atoms. The van der Waals surface area contributed by atoms with Gasteiger partial charge in [-0.05, 0) is 24.5 Å². The Morgan fingerprint density at radius 3 is 2.12 bits per heavy atom. The summed E-state index contributed by atoms with van der Waals surface area (Å²) in [5, 5.41) is 1.35. The zero-order valence-corrected chi connectivity index (χ0v) is 11.9. The van der Waals surface area contributed by atoms with Gasteiger partial charge in [0.05, 0.1) is 0 Å². The van der Waals surface area contributed by atoms with Crippen molar-refractivity contribution in [3.8, 4) is 0 Å². The van der Waals surface area contributed by atoms with Crippen LogP contribution in [0.1, 0.15) is 44.7 Å². The van der Waals surface area contributed by atoms with Gasteiger partial charge >= 0.3 is 0 Å². The molecule has 0 aliphatic heterocycles. The molecule has 0 aliphatic carbocycles. The highest BCUT2D eigenvalue weighted by atomic mass is 35.5. The van der Waals surface area contributed by atoms with Gasteiger partial charge in [0.2, 0.25) is 0 Å². The van der Waals surface area contributed by atoms with Crippen molar-refractivity contribution in [1.29, 1.82) is 0 Å². The van der Waals surface area contributed by atoms with Crippen LogP contribution in [0.3, 0.4) is 0 Å². The predicted molar refractivity (Wildman–Crippen MR) is 75.2 cm³/mol. The summed E-state index contributed by atoms with van der Waals surface area (Å²) in [6.07, 6.45) is 3.22. The fourth-order valence-corrected chi connectivity index (χ4v) is 2.73. The van der Waals surface area contributed by atoms with Gasteiger partial charge in [0.25, 0.3) is 0 Å². The molecule has 0 saturated carbocycles. The number of nitrogens with two attached hydrogens (primary N) is 1. The first-order valence-corrected chi connectivity index (χ1v) is 6.79. The van der Waals surface area contributed by atoms with Crippen molar-refractivity contribution in [2.24, 2.45) is 11.8 Å². The van der Waals surface area contributed by atoms with Crippen LogP contribution in [0.15, 0.2) is 18.2 Å². The first-order valence-electron chi connectivity index (χ1n) is 6.04. The van der Waals surface area contributed by atoms with E-state index in [1.807, 2.05) is 18.2 Å². The molecule has 0 heterocycles. The van der Waals surface area contributed by atoms with Crippen LogP contribution in [0.25, 0.3) is 0 Å². The molecular weight excluding hydrogens is 255 g/mol. The lowest BCUT2D eigenvalue weighted by Crippen LogP contribution is -2.30. The Bertz CT molecular complexity index is 331. The molecule has 0 aromatic heterocycles. The molecule has 0 aliphatic rings. The van der Waals surface area contributed by atoms with Gasteiger partial charge in [0, 0.05) is 21.7 Å². The quantitative estimate of drug-likeness (QED) is 0.599. The molecule has 1 unspecified atom stereocenters. The minimum Gasteiger partial charge on any atom is -0.271 e. The lowest BCUT2D eigenvalue weighted by molar-refractivity contribution is 0.375.